The molecule has 0 aromatic heterocycles. The van der Waals surface area contributed by atoms with Crippen LogP contribution in [-0.4, -0.2) is 30.8 Å². The van der Waals surface area contributed by atoms with E-state index in [1.165, 1.54) is 11.4 Å². The van der Waals surface area contributed by atoms with Crippen molar-refractivity contribution in [2.75, 3.05) is 13.6 Å². The Morgan fingerprint density at radius 2 is 2.00 bits per heavy atom. The first-order valence-corrected chi connectivity index (χ1v) is 4.11. The summed E-state index contributed by atoms with van der Waals surface area (Å²) in [5.74, 6) is 0.686. The van der Waals surface area contributed by atoms with Crippen LogP contribution in [0.2, 0.25) is 0 Å². The number of aliphatic hydroxyl groups excluding tert-OH is 1. The zero-order chi connectivity index (χ0) is 7.72. The minimum atomic E-state index is -0.0799. The van der Waals surface area contributed by atoms with Gasteiger partial charge in [0.1, 0.15) is 12.1 Å². The zero-order valence-electron chi connectivity index (χ0n) is 7.09. The van der Waals surface area contributed by atoms with E-state index in [1.54, 1.807) is 0 Å². The molecule has 1 fully saturated rings. The topological polar surface area (TPSA) is 24.7 Å². The molecule has 0 spiro atoms. The van der Waals surface area contributed by atoms with E-state index in [0.717, 1.165) is 6.42 Å². The molecule has 0 aromatic carbocycles. The molecule has 0 aliphatic carbocycles. The van der Waals surface area contributed by atoms with Crippen molar-refractivity contribution < 1.29 is 10.0 Å². The molecule has 60 valence electrons. The van der Waals surface area contributed by atoms with E-state index in [9.17, 15) is 5.11 Å². The van der Waals surface area contributed by atoms with Crippen molar-refractivity contribution in [1.82, 2.24) is 0 Å². The Morgan fingerprint density at radius 1 is 1.40 bits per heavy atom. The molecule has 1 unspecified atom stereocenters. The third-order valence-corrected chi connectivity index (χ3v) is 2.67. The van der Waals surface area contributed by atoms with Crippen LogP contribution in [0, 0.1) is 5.92 Å². The highest BCUT2D eigenvalue weighted by molar-refractivity contribution is 4.70. The maximum atomic E-state index is 9.50. The molecule has 0 aromatic rings. The molecule has 1 heterocycles. The second kappa shape index (κ2) is 2.89. The van der Waals surface area contributed by atoms with Crippen molar-refractivity contribution in [2.24, 2.45) is 5.92 Å². The van der Waals surface area contributed by atoms with E-state index in [4.69, 9.17) is 0 Å². The van der Waals surface area contributed by atoms with E-state index < -0.39 is 0 Å². The first kappa shape index (κ1) is 8.02. The number of piperidine rings is 1. The summed E-state index contributed by atoms with van der Waals surface area (Å²) in [6.07, 6.45) is 0.905. The molecular formula is C8H18NO+. The summed E-state index contributed by atoms with van der Waals surface area (Å²) >= 11 is 0. The van der Waals surface area contributed by atoms with Gasteiger partial charge in [-0.3, -0.25) is 0 Å². The van der Waals surface area contributed by atoms with Crippen LogP contribution in [0.15, 0.2) is 0 Å². The molecule has 4 atom stereocenters. The van der Waals surface area contributed by atoms with Gasteiger partial charge in [-0.15, -0.1) is 0 Å². The predicted octanol–water partition coefficient (Wildman–Crippen LogP) is -0.710. The summed E-state index contributed by atoms with van der Waals surface area (Å²) in [7, 11) is 2.16. The van der Waals surface area contributed by atoms with Gasteiger partial charge in [0.15, 0.2) is 0 Å². The summed E-state index contributed by atoms with van der Waals surface area (Å²) in [6.45, 7) is 5.53. The highest BCUT2D eigenvalue weighted by Gasteiger charge is 2.30. The Labute approximate surface area is 62.8 Å². The Kier molecular flexibility index (Phi) is 2.32. The highest BCUT2D eigenvalue weighted by atomic mass is 16.3. The lowest BCUT2D eigenvalue weighted by molar-refractivity contribution is -0.917. The molecule has 1 aliphatic rings. The lowest BCUT2D eigenvalue weighted by Crippen LogP contribution is -3.15. The number of likely N-dealkylation sites (N-methyl/N-ethyl adjacent to an activating group) is 1. The normalized spacial score (nSPS) is 49.2. The zero-order valence-corrected chi connectivity index (χ0v) is 7.09. The molecule has 0 amide bonds. The molecule has 0 saturated carbocycles. The number of nitrogens with one attached hydrogen (secondary N) is 1. The van der Waals surface area contributed by atoms with Gasteiger partial charge in [0.05, 0.1) is 13.6 Å². The summed E-state index contributed by atoms with van der Waals surface area (Å²) in [5, 5.41) is 9.50. The van der Waals surface area contributed by atoms with Crippen LogP contribution in [0.25, 0.3) is 0 Å². The van der Waals surface area contributed by atoms with Gasteiger partial charge in [0.2, 0.25) is 0 Å². The van der Waals surface area contributed by atoms with Crippen LogP contribution in [0.4, 0.5) is 0 Å². The number of quaternary nitrogens is 1. The number of aliphatic hydroxyl groups is 1. The molecule has 1 rings (SSSR count). The molecule has 10 heavy (non-hydrogen) atoms. The van der Waals surface area contributed by atoms with E-state index in [0.29, 0.717) is 12.0 Å². The fraction of sp³-hybridized carbons (Fsp3) is 1.00. The van der Waals surface area contributed by atoms with Gasteiger partial charge >= 0.3 is 0 Å². The molecule has 1 aliphatic heterocycles. The molecule has 2 heteroatoms. The number of rotatable bonds is 0. The summed E-state index contributed by atoms with van der Waals surface area (Å²) < 4.78 is 0. The Balaban J connectivity index is 2.49. The maximum Gasteiger partial charge on any atom is 0.111 e. The largest absolute Gasteiger partial charge is 0.387 e. The third kappa shape index (κ3) is 1.50. The Bertz CT molecular complexity index is 104. The lowest BCUT2D eigenvalue weighted by atomic mass is 9.93. The van der Waals surface area contributed by atoms with Crippen LogP contribution < -0.4 is 4.90 Å². The number of likely N-dealkylation sites (tertiary alicyclic amines) is 1. The average Bonchev–Trinajstić information content (AvgIpc) is 1.82. The van der Waals surface area contributed by atoms with Gasteiger partial charge in [0.25, 0.3) is 0 Å². The van der Waals surface area contributed by atoms with Crippen LogP contribution in [0.1, 0.15) is 20.3 Å². The second-order valence-electron chi connectivity index (χ2n) is 3.75. The number of hydrogen-bond donors (Lipinski definition) is 2. The molecule has 2 N–H and O–H groups in total. The van der Waals surface area contributed by atoms with Gasteiger partial charge in [-0.2, -0.15) is 0 Å². The van der Waals surface area contributed by atoms with E-state index in [2.05, 4.69) is 20.9 Å². The molecular weight excluding hydrogens is 126 g/mol. The monoisotopic (exact) mass is 144 g/mol. The van der Waals surface area contributed by atoms with Crippen LogP contribution in [-0.2, 0) is 0 Å². The van der Waals surface area contributed by atoms with Crippen molar-refractivity contribution in [3.05, 3.63) is 0 Å². The minimum absolute atomic E-state index is 0.0799. The summed E-state index contributed by atoms with van der Waals surface area (Å²) in [6, 6.07) is 0.427. The van der Waals surface area contributed by atoms with Crippen molar-refractivity contribution in [1.29, 1.82) is 0 Å². The van der Waals surface area contributed by atoms with Gasteiger partial charge in [-0.1, -0.05) is 6.92 Å². The predicted molar refractivity (Wildman–Crippen MR) is 41.0 cm³/mol. The SMILES string of the molecule is C[C@@H]1C[C@H](O)[C@H](C)[NH+](C)C1. The van der Waals surface area contributed by atoms with Gasteiger partial charge < -0.3 is 10.0 Å². The third-order valence-electron chi connectivity index (χ3n) is 2.67. The minimum Gasteiger partial charge on any atom is -0.387 e. The van der Waals surface area contributed by atoms with Crippen molar-refractivity contribution in [2.45, 2.75) is 32.4 Å². The van der Waals surface area contributed by atoms with Crippen LogP contribution >= 0.6 is 0 Å². The lowest BCUT2D eigenvalue weighted by Gasteiger charge is -2.34. The molecule has 2 nitrogen and oxygen atoms in total. The van der Waals surface area contributed by atoms with Crippen LogP contribution in [0.5, 0.6) is 0 Å². The maximum absolute atomic E-state index is 9.50. The van der Waals surface area contributed by atoms with Crippen molar-refractivity contribution in [3.63, 3.8) is 0 Å². The fourth-order valence-corrected chi connectivity index (χ4v) is 1.76. The molecule has 0 radical (unpaired) electrons. The van der Waals surface area contributed by atoms with Gasteiger partial charge in [-0.25, -0.2) is 0 Å². The van der Waals surface area contributed by atoms with Crippen molar-refractivity contribution in [3.8, 4) is 0 Å². The van der Waals surface area contributed by atoms with Gasteiger partial charge in [-0.05, 0) is 13.3 Å². The highest BCUT2D eigenvalue weighted by Crippen LogP contribution is 2.09. The Hall–Kier alpha value is -0.0800. The first-order valence-electron chi connectivity index (χ1n) is 4.11. The standard InChI is InChI=1S/C8H17NO/c1-6-4-8(10)7(2)9(3)5-6/h6-8,10H,4-5H2,1-3H3/p+1/t6-,7+,8+/m1/s1. The summed E-state index contributed by atoms with van der Waals surface area (Å²) in [5.41, 5.74) is 0. The number of hydrogen-bond acceptors (Lipinski definition) is 1. The van der Waals surface area contributed by atoms with E-state index >= 15 is 0 Å². The fourth-order valence-electron chi connectivity index (χ4n) is 1.76. The summed E-state index contributed by atoms with van der Waals surface area (Å²) in [4.78, 5) is 1.46. The quantitative estimate of drug-likeness (QED) is 0.461. The second-order valence-corrected chi connectivity index (χ2v) is 3.75. The van der Waals surface area contributed by atoms with Gasteiger partial charge in [0, 0.05) is 5.92 Å². The first-order chi connectivity index (χ1) is 4.61. The van der Waals surface area contributed by atoms with Crippen molar-refractivity contribution >= 4 is 0 Å². The molecule has 1 saturated heterocycles. The van der Waals surface area contributed by atoms with E-state index in [1.807, 2.05) is 0 Å². The Morgan fingerprint density at radius 3 is 2.50 bits per heavy atom. The van der Waals surface area contributed by atoms with E-state index in [-0.39, 0.29) is 6.10 Å². The molecule has 0 bridgehead atoms. The van der Waals surface area contributed by atoms with Crippen LogP contribution in [0.3, 0.4) is 0 Å². The average molecular weight is 144 g/mol. The smallest absolute Gasteiger partial charge is 0.111 e.